The van der Waals surface area contributed by atoms with Gasteiger partial charge >= 0.3 is 0 Å². The molecule has 1 amide bonds. The highest BCUT2D eigenvalue weighted by atomic mass is 16.5. The molecule has 0 aromatic heterocycles. The smallest absolute Gasteiger partial charge is 0.253 e. The number of hydrogen-bond donors (Lipinski definition) is 0. The number of amides is 1. The first-order valence-corrected chi connectivity index (χ1v) is 9.27. The standard InChI is InChI=1S/C22H27NO3/c1-23(15-17-8-6-7-9-17)22(24)19-12-13-20(21(14-19)25-2)26-16-18-10-4-3-5-11-18/h3-5,10-14,17H,6-9,15-16H2,1-2H3. The second-order valence-electron chi connectivity index (χ2n) is 6.98. The zero-order chi connectivity index (χ0) is 18.4. The minimum absolute atomic E-state index is 0.0322. The molecule has 2 aromatic carbocycles. The van der Waals surface area contributed by atoms with Gasteiger partial charge in [-0.2, -0.15) is 0 Å². The van der Waals surface area contributed by atoms with E-state index in [0.29, 0.717) is 29.6 Å². The summed E-state index contributed by atoms with van der Waals surface area (Å²) < 4.78 is 11.3. The third-order valence-electron chi connectivity index (χ3n) is 5.00. The van der Waals surface area contributed by atoms with Gasteiger partial charge in [0.1, 0.15) is 6.61 Å². The number of carbonyl (C=O) groups is 1. The fourth-order valence-electron chi connectivity index (χ4n) is 3.54. The van der Waals surface area contributed by atoms with Gasteiger partial charge in [-0.05, 0) is 42.5 Å². The molecule has 0 bridgehead atoms. The second kappa shape index (κ2) is 8.75. The quantitative estimate of drug-likeness (QED) is 0.734. The molecule has 1 aliphatic rings. The van der Waals surface area contributed by atoms with Gasteiger partial charge in [0.15, 0.2) is 11.5 Å². The Morgan fingerprint density at radius 3 is 2.50 bits per heavy atom. The van der Waals surface area contributed by atoms with Gasteiger partial charge < -0.3 is 14.4 Å². The molecule has 1 aliphatic carbocycles. The first-order chi connectivity index (χ1) is 12.7. The highest BCUT2D eigenvalue weighted by Gasteiger charge is 2.21. The van der Waals surface area contributed by atoms with Gasteiger partial charge in [0.05, 0.1) is 7.11 Å². The van der Waals surface area contributed by atoms with Crippen molar-refractivity contribution in [1.29, 1.82) is 0 Å². The molecular weight excluding hydrogens is 326 g/mol. The largest absolute Gasteiger partial charge is 0.493 e. The summed E-state index contributed by atoms with van der Waals surface area (Å²) in [5, 5.41) is 0. The lowest BCUT2D eigenvalue weighted by atomic mass is 10.1. The monoisotopic (exact) mass is 353 g/mol. The normalized spacial score (nSPS) is 14.2. The van der Waals surface area contributed by atoms with Crippen molar-refractivity contribution >= 4 is 5.91 Å². The molecule has 0 heterocycles. The average Bonchev–Trinajstić information content (AvgIpc) is 3.19. The lowest BCUT2D eigenvalue weighted by Crippen LogP contribution is -2.31. The van der Waals surface area contributed by atoms with E-state index in [2.05, 4.69) is 0 Å². The van der Waals surface area contributed by atoms with Crippen LogP contribution in [0.2, 0.25) is 0 Å². The van der Waals surface area contributed by atoms with Gasteiger partial charge in [0.25, 0.3) is 5.91 Å². The average molecular weight is 353 g/mol. The van der Waals surface area contributed by atoms with Crippen molar-refractivity contribution in [2.45, 2.75) is 32.3 Å². The molecule has 1 saturated carbocycles. The molecule has 26 heavy (non-hydrogen) atoms. The van der Waals surface area contributed by atoms with Crippen LogP contribution in [0.5, 0.6) is 11.5 Å². The summed E-state index contributed by atoms with van der Waals surface area (Å²) in [6.07, 6.45) is 5.03. The van der Waals surface area contributed by atoms with Crippen molar-refractivity contribution in [3.05, 3.63) is 59.7 Å². The Bertz CT molecular complexity index is 723. The summed E-state index contributed by atoms with van der Waals surface area (Å²) >= 11 is 0. The fraction of sp³-hybridized carbons (Fsp3) is 0.409. The molecule has 0 unspecified atom stereocenters. The van der Waals surface area contributed by atoms with E-state index in [1.807, 2.05) is 54.4 Å². The van der Waals surface area contributed by atoms with E-state index in [9.17, 15) is 4.79 Å². The maximum atomic E-state index is 12.7. The van der Waals surface area contributed by atoms with E-state index < -0.39 is 0 Å². The van der Waals surface area contributed by atoms with Crippen LogP contribution >= 0.6 is 0 Å². The molecule has 2 aromatic rings. The number of nitrogens with zero attached hydrogens (tertiary/aromatic N) is 1. The first kappa shape index (κ1) is 18.3. The molecule has 4 nitrogen and oxygen atoms in total. The maximum absolute atomic E-state index is 12.7. The zero-order valence-corrected chi connectivity index (χ0v) is 15.6. The van der Waals surface area contributed by atoms with E-state index in [1.165, 1.54) is 25.7 Å². The van der Waals surface area contributed by atoms with Gasteiger partial charge in [0, 0.05) is 19.2 Å². The van der Waals surface area contributed by atoms with Gasteiger partial charge in [-0.3, -0.25) is 4.79 Å². The van der Waals surface area contributed by atoms with Crippen LogP contribution in [0.3, 0.4) is 0 Å². The lowest BCUT2D eigenvalue weighted by Gasteiger charge is -2.21. The molecule has 0 radical (unpaired) electrons. The topological polar surface area (TPSA) is 38.8 Å². The zero-order valence-electron chi connectivity index (χ0n) is 15.6. The van der Waals surface area contributed by atoms with Crippen molar-refractivity contribution in [3.8, 4) is 11.5 Å². The van der Waals surface area contributed by atoms with E-state index in [0.717, 1.165) is 12.1 Å². The summed E-state index contributed by atoms with van der Waals surface area (Å²) in [6, 6.07) is 15.4. The number of carbonyl (C=O) groups excluding carboxylic acids is 1. The Hall–Kier alpha value is -2.49. The van der Waals surface area contributed by atoms with Gasteiger partial charge in [-0.1, -0.05) is 43.2 Å². The summed E-state index contributed by atoms with van der Waals surface area (Å²) in [4.78, 5) is 14.5. The summed E-state index contributed by atoms with van der Waals surface area (Å²) in [7, 11) is 3.48. The Kier molecular flexibility index (Phi) is 6.16. The van der Waals surface area contributed by atoms with Crippen molar-refractivity contribution in [2.75, 3.05) is 20.7 Å². The van der Waals surface area contributed by atoms with Crippen molar-refractivity contribution in [1.82, 2.24) is 4.90 Å². The van der Waals surface area contributed by atoms with Crippen LogP contribution in [0.25, 0.3) is 0 Å². The lowest BCUT2D eigenvalue weighted by molar-refractivity contribution is 0.0773. The predicted molar refractivity (Wildman–Crippen MR) is 103 cm³/mol. The second-order valence-corrected chi connectivity index (χ2v) is 6.98. The van der Waals surface area contributed by atoms with Crippen LogP contribution in [0.4, 0.5) is 0 Å². The van der Waals surface area contributed by atoms with Crippen LogP contribution in [-0.4, -0.2) is 31.5 Å². The van der Waals surface area contributed by atoms with E-state index in [-0.39, 0.29) is 5.91 Å². The summed E-state index contributed by atoms with van der Waals surface area (Å²) in [5.41, 5.74) is 1.72. The predicted octanol–water partition coefficient (Wildman–Crippen LogP) is 4.54. The highest BCUT2D eigenvalue weighted by molar-refractivity contribution is 5.94. The Labute approximate surface area is 155 Å². The Morgan fingerprint density at radius 2 is 1.81 bits per heavy atom. The first-order valence-electron chi connectivity index (χ1n) is 9.27. The molecule has 138 valence electrons. The Balaban J connectivity index is 1.66. The number of hydrogen-bond acceptors (Lipinski definition) is 3. The van der Waals surface area contributed by atoms with Crippen molar-refractivity contribution in [2.24, 2.45) is 5.92 Å². The van der Waals surface area contributed by atoms with E-state index >= 15 is 0 Å². The van der Waals surface area contributed by atoms with Gasteiger partial charge in [0.2, 0.25) is 0 Å². The number of benzene rings is 2. The van der Waals surface area contributed by atoms with Crippen LogP contribution in [-0.2, 0) is 6.61 Å². The van der Waals surface area contributed by atoms with Crippen LogP contribution in [0, 0.1) is 5.92 Å². The highest BCUT2D eigenvalue weighted by Crippen LogP contribution is 2.30. The molecular formula is C22H27NO3. The summed E-state index contributed by atoms with van der Waals surface area (Å²) in [6.45, 7) is 1.29. The van der Waals surface area contributed by atoms with Crippen molar-refractivity contribution < 1.29 is 14.3 Å². The fourth-order valence-corrected chi connectivity index (χ4v) is 3.54. The molecule has 0 saturated heterocycles. The molecule has 0 aliphatic heterocycles. The maximum Gasteiger partial charge on any atom is 0.253 e. The molecule has 3 rings (SSSR count). The summed E-state index contributed by atoms with van der Waals surface area (Å²) in [5.74, 6) is 1.90. The van der Waals surface area contributed by atoms with E-state index in [4.69, 9.17) is 9.47 Å². The van der Waals surface area contributed by atoms with Crippen LogP contribution in [0.1, 0.15) is 41.6 Å². The number of ether oxygens (including phenoxy) is 2. The third-order valence-corrected chi connectivity index (χ3v) is 5.00. The molecule has 1 fully saturated rings. The van der Waals surface area contributed by atoms with Gasteiger partial charge in [-0.25, -0.2) is 0 Å². The molecule has 0 atom stereocenters. The minimum Gasteiger partial charge on any atom is -0.493 e. The minimum atomic E-state index is 0.0322. The van der Waals surface area contributed by atoms with Gasteiger partial charge in [-0.15, -0.1) is 0 Å². The van der Waals surface area contributed by atoms with E-state index in [1.54, 1.807) is 13.2 Å². The number of rotatable bonds is 7. The molecule has 0 spiro atoms. The van der Waals surface area contributed by atoms with Crippen molar-refractivity contribution in [3.63, 3.8) is 0 Å². The molecule has 0 N–H and O–H groups in total. The Morgan fingerprint density at radius 1 is 1.08 bits per heavy atom. The van der Waals surface area contributed by atoms with Crippen LogP contribution < -0.4 is 9.47 Å². The third kappa shape index (κ3) is 4.57. The number of methoxy groups -OCH3 is 1. The van der Waals surface area contributed by atoms with Crippen LogP contribution in [0.15, 0.2) is 48.5 Å². The molecule has 4 heteroatoms. The SMILES string of the molecule is COc1cc(C(=O)N(C)CC2CCCC2)ccc1OCc1ccccc1.